The van der Waals surface area contributed by atoms with Gasteiger partial charge in [-0.15, -0.1) is 13.2 Å². The number of rotatable bonds is 9. The number of esters is 2. The van der Waals surface area contributed by atoms with Gasteiger partial charge >= 0.3 is 11.9 Å². The van der Waals surface area contributed by atoms with Crippen molar-refractivity contribution in [1.82, 2.24) is 0 Å². The van der Waals surface area contributed by atoms with Crippen molar-refractivity contribution in [3.63, 3.8) is 0 Å². The SMILES string of the molecule is C=CCc1ccc(OC(=O)c2ccccc2O)c(-c2cc(CC=C)ccc2OC(=O)c2ccccc2O)c1. The average molecular weight is 507 g/mol. The molecule has 6 nitrogen and oxygen atoms in total. The highest BCUT2D eigenvalue weighted by Gasteiger charge is 2.21. The Morgan fingerprint density at radius 2 is 1.03 bits per heavy atom. The van der Waals surface area contributed by atoms with Crippen LogP contribution in [0.4, 0.5) is 0 Å². The first kappa shape index (κ1) is 26.0. The molecule has 0 aromatic heterocycles. The second-order valence-electron chi connectivity index (χ2n) is 8.46. The van der Waals surface area contributed by atoms with Crippen LogP contribution >= 0.6 is 0 Å². The maximum atomic E-state index is 13.0. The summed E-state index contributed by atoms with van der Waals surface area (Å²) in [6, 6.07) is 22.8. The van der Waals surface area contributed by atoms with Crippen molar-refractivity contribution in [3.05, 3.63) is 132 Å². The molecule has 0 saturated heterocycles. The van der Waals surface area contributed by atoms with Crippen molar-refractivity contribution in [2.75, 3.05) is 0 Å². The molecule has 0 amide bonds. The predicted octanol–water partition coefficient (Wildman–Crippen LogP) is 6.66. The van der Waals surface area contributed by atoms with Gasteiger partial charge in [-0.25, -0.2) is 9.59 Å². The first-order valence-electron chi connectivity index (χ1n) is 11.9. The molecule has 0 aliphatic heterocycles. The van der Waals surface area contributed by atoms with E-state index in [1.807, 2.05) is 12.1 Å². The molecule has 4 aromatic carbocycles. The van der Waals surface area contributed by atoms with Gasteiger partial charge in [-0.3, -0.25) is 0 Å². The minimum atomic E-state index is -0.740. The third kappa shape index (κ3) is 5.82. The summed E-state index contributed by atoms with van der Waals surface area (Å²) >= 11 is 0. The molecule has 2 N–H and O–H groups in total. The first-order chi connectivity index (χ1) is 18.4. The molecule has 0 atom stereocenters. The lowest BCUT2D eigenvalue weighted by Gasteiger charge is -2.17. The normalized spacial score (nSPS) is 10.4. The van der Waals surface area contributed by atoms with Crippen LogP contribution in [0.2, 0.25) is 0 Å². The Labute approximate surface area is 220 Å². The Bertz CT molecular complexity index is 1400. The van der Waals surface area contributed by atoms with E-state index in [9.17, 15) is 19.8 Å². The quantitative estimate of drug-likeness (QED) is 0.150. The van der Waals surface area contributed by atoms with E-state index in [1.165, 1.54) is 24.3 Å². The molecule has 0 heterocycles. The zero-order valence-corrected chi connectivity index (χ0v) is 20.6. The maximum Gasteiger partial charge on any atom is 0.347 e. The number of ether oxygens (including phenoxy) is 2. The summed E-state index contributed by atoms with van der Waals surface area (Å²) in [7, 11) is 0. The molecular weight excluding hydrogens is 480 g/mol. The number of para-hydroxylation sites is 2. The number of aromatic hydroxyl groups is 2. The van der Waals surface area contributed by atoms with Crippen LogP contribution in [0.15, 0.2) is 110 Å². The van der Waals surface area contributed by atoms with E-state index in [0.29, 0.717) is 24.0 Å². The number of carbonyl (C=O) groups is 2. The van der Waals surface area contributed by atoms with Crippen molar-refractivity contribution in [1.29, 1.82) is 0 Å². The van der Waals surface area contributed by atoms with E-state index >= 15 is 0 Å². The molecule has 0 unspecified atom stereocenters. The summed E-state index contributed by atoms with van der Waals surface area (Å²) in [6.45, 7) is 7.60. The molecule has 0 bridgehead atoms. The topological polar surface area (TPSA) is 93.1 Å². The summed E-state index contributed by atoms with van der Waals surface area (Å²) in [4.78, 5) is 25.9. The van der Waals surface area contributed by atoms with Crippen LogP contribution < -0.4 is 9.47 Å². The maximum absolute atomic E-state index is 13.0. The number of phenolic OH excluding ortho intramolecular Hbond substituents is 2. The Hall–Kier alpha value is -5.10. The van der Waals surface area contributed by atoms with E-state index in [-0.39, 0.29) is 34.1 Å². The summed E-state index contributed by atoms with van der Waals surface area (Å²) < 4.78 is 11.5. The second kappa shape index (κ2) is 11.8. The fourth-order valence-corrected chi connectivity index (χ4v) is 3.94. The highest BCUT2D eigenvalue weighted by atomic mass is 16.5. The zero-order valence-electron chi connectivity index (χ0n) is 20.6. The van der Waals surface area contributed by atoms with Crippen LogP contribution in [0, 0.1) is 0 Å². The van der Waals surface area contributed by atoms with Crippen molar-refractivity contribution in [3.8, 4) is 34.1 Å². The Morgan fingerprint density at radius 3 is 1.39 bits per heavy atom. The number of allylic oxidation sites excluding steroid dienone is 2. The summed E-state index contributed by atoms with van der Waals surface area (Å²) in [6.07, 6.45) is 4.61. The molecule has 38 heavy (non-hydrogen) atoms. The molecule has 0 spiro atoms. The third-order valence-electron chi connectivity index (χ3n) is 5.79. The van der Waals surface area contributed by atoms with E-state index in [4.69, 9.17) is 9.47 Å². The van der Waals surface area contributed by atoms with Crippen LogP contribution in [-0.4, -0.2) is 22.2 Å². The van der Waals surface area contributed by atoms with Crippen molar-refractivity contribution in [2.24, 2.45) is 0 Å². The Morgan fingerprint density at radius 1 is 0.632 bits per heavy atom. The van der Waals surface area contributed by atoms with Gasteiger partial charge in [0.05, 0.1) is 0 Å². The fraction of sp³-hybridized carbons (Fsp3) is 0.0625. The molecule has 4 aromatic rings. The number of hydrogen-bond donors (Lipinski definition) is 2. The molecule has 6 heteroatoms. The first-order valence-corrected chi connectivity index (χ1v) is 11.9. The van der Waals surface area contributed by atoms with Crippen LogP contribution in [0.25, 0.3) is 11.1 Å². The fourth-order valence-electron chi connectivity index (χ4n) is 3.94. The van der Waals surface area contributed by atoms with Gasteiger partial charge in [-0.05, 0) is 72.5 Å². The van der Waals surface area contributed by atoms with Gasteiger partial charge in [-0.2, -0.15) is 0 Å². The monoisotopic (exact) mass is 506 g/mol. The highest BCUT2D eigenvalue weighted by molar-refractivity contribution is 5.96. The van der Waals surface area contributed by atoms with E-state index in [1.54, 1.807) is 60.7 Å². The zero-order chi connectivity index (χ0) is 27.1. The smallest absolute Gasteiger partial charge is 0.347 e. The molecule has 190 valence electrons. The summed E-state index contributed by atoms with van der Waals surface area (Å²) in [5.41, 5.74) is 2.81. The minimum Gasteiger partial charge on any atom is -0.507 e. The molecule has 4 rings (SSSR count). The van der Waals surface area contributed by atoms with Gasteiger partial charge in [0.15, 0.2) is 0 Å². The van der Waals surface area contributed by atoms with E-state index in [0.717, 1.165) is 11.1 Å². The average Bonchev–Trinajstić information content (AvgIpc) is 2.91. The standard InChI is InChI=1S/C32H26O6/c1-3-9-21-15-17-29(37-31(35)23-11-5-7-13-27(23)33)25(19-21)26-20-22(10-4-2)16-18-30(26)38-32(36)24-12-6-8-14-28(24)34/h3-8,11-20,33-34H,1-2,9-10H2. The lowest BCUT2D eigenvalue weighted by molar-refractivity contribution is 0.0719. The molecule has 0 aliphatic rings. The molecule has 0 radical (unpaired) electrons. The van der Waals surface area contributed by atoms with Gasteiger partial charge < -0.3 is 19.7 Å². The minimum absolute atomic E-state index is 0.0141. The van der Waals surface area contributed by atoms with Gasteiger partial charge in [0.2, 0.25) is 0 Å². The van der Waals surface area contributed by atoms with Gasteiger partial charge in [0, 0.05) is 11.1 Å². The number of carbonyl (C=O) groups excluding carboxylic acids is 2. The van der Waals surface area contributed by atoms with Gasteiger partial charge in [0.1, 0.15) is 34.1 Å². The van der Waals surface area contributed by atoms with Crippen LogP contribution in [-0.2, 0) is 12.8 Å². The lowest BCUT2D eigenvalue weighted by Crippen LogP contribution is -2.11. The van der Waals surface area contributed by atoms with Crippen molar-refractivity contribution in [2.45, 2.75) is 12.8 Å². The van der Waals surface area contributed by atoms with Crippen molar-refractivity contribution < 1.29 is 29.3 Å². The third-order valence-corrected chi connectivity index (χ3v) is 5.79. The largest absolute Gasteiger partial charge is 0.507 e. The molecular formula is C32H26O6. The second-order valence-corrected chi connectivity index (χ2v) is 8.46. The van der Waals surface area contributed by atoms with Crippen LogP contribution in [0.3, 0.4) is 0 Å². The lowest BCUT2D eigenvalue weighted by atomic mass is 9.97. The van der Waals surface area contributed by atoms with Gasteiger partial charge in [0.25, 0.3) is 0 Å². The van der Waals surface area contributed by atoms with Crippen LogP contribution in [0.1, 0.15) is 31.8 Å². The summed E-state index contributed by atoms with van der Waals surface area (Å²) in [5.74, 6) is -1.46. The Balaban J connectivity index is 1.82. The number of hydrogen-bond acceptors (Lipinski definition) is 6. The molecule has 0 fully saturated rings. The summed E-state index contributed by atoms with van der Waals surface area (Å²) in [5, 5.41) is 20.3. The highest BCUT2D eigenvalue weighted by Crippen LogP contribution is 2.39. The van der Waals surface area contributed by atoms with Crippen LogP contribution in [0.5, 0.6) is 23.0 Å². The predicted molar refractivity (Wildman–Crippen MR) is 146 cm³/mol. The molecule has 0 saturated carbocycles. The number of benzene rings is 4. The van der Waals surface area contributed by atoms with E-state index < -0.39 is 11.9 Å². The Kier molecular flexibility index (Phi) is 8.04. The van der Waals surface area contributed by atoms with E-state index in [2.05, 4.69) is 13.2 Å². The van der Waals surface area contributed by atoms with Crippen molar-refractivity contribution >= 4 is 11.9 Å². The number of phenols is 2. The van der Waals surface area contributed by atoms with Gasteiger partial charge in [-0.1, -0.05) is 48.6 Å². The molecule has 0 aliphatic carbocycles.